The van der Waals surface area contributed by atoms with E-state index in [0.29, 0.717) is 29.2 Å². The molecule has 4 aromatic rings. The summed E-state index contributed by atoms with van der Waals surface area (Å²) in [6.07, 6.45) is -9.94. The van der Waals surface area contributed by atoms with Gasteiger partial charge in [-0.1, -0.05) is 47.9 Å². The Morgan fingerprint density at radius 3 is 1.65 bits per heavy atom. The molecule has 11 heteroatoms. The molecule has 0 aliphatic carbocycles. The van der Waals surface area contributed by atoms with Gasteiger partial charge in [-0.15, -0.1) is 0 Å². The lowest BCUT2D eigenvalue weighted by Crippen LogP contribution is -2.25. The Morgan fingerprint density at radius 1 is 0.600 bits per heavy atom. The fraction of sp³-hybridized carbons (Fsp3) is 0.103. The van der Waals surface area contributed by atoms with E-state index in [-0.39, 0.29) is 17.7 Å². The minimum atomic E-state index is -5.09. The highest BCUT2D eigenvalue weighted by Gasteiger charge is 2.41. The molecular weight excluding hydrogens is 554 g/mol. The number of aryl methyl sites for hydroxylation is 1. The van der Waals surface area contributed by atoms with Crippen LogP contribution in [0.25, 0.3) is 22.3 Å². The standard InChI is InChI=1S/C29H14F10O/c1-15-2-4-16(5-3-15)17-6-7-20(22(30)10-17)18-11-25(33)27(26(34)12-18)29(38,39)40-19-13-23(31)21(24(32)14-19)8-9-28(35,36)37/h2-7,10-14H,1H3. The average Bonchev–Trinajstić information content (AvgIpc) is 2.82. The number of halogens is 10. The smallest absolute Gasteiger partial charge is 0.429 e. The molecule has 0 saturated heterocycles. The highest BCUT2D eigenvalue weighted by Crippen LogP contribution is 2.38. The topological polar surface area (TPSA) is 9.23 Å². The maximum atomic E-state index is 14.9. The van der Waals surface area contributed by atoms with Crippen molar-refractivity contribution < 1.29 is 48.6 Å². The summed E-state index contributed by atoms with van der Waals surface area (Å²) in [5.41, 5.74) is -1.98. The van der Waals surface area contributed by atoms with Gasteiger partial charge in [-0.2, -0.15) is 22.0 Å². The first-order chi connectivity index (χ1) is 18.6. The number of benzene rings is 4. The van der Waals surface area contributed by atoms with E-state index in [1.807, 2.05) is 6.92 Å². The predicted molar refractivity (Wildman–Crippen MR) is 126 cm³/mol. The van der Waals surface area contributed by atoms with Crippen molar-refractivity contribution in [3.8, 4) is 39.8 Å². The minimum absolute atomic E-state index is 0.0759. The van der Waals surface area contributed by atoms with Crippen LogP contribution in [-0.2, 0) is 6.11 Å². The minimum Gasteiger partial charge on any atom is -0.429 e. The zero-order valence-corrected chi connectivity index (χ0v) is 20.0. The van der Waals surface area contributed by atoms with Gasteiger partial charge in [0, 0.05) is 23.6 Å². The Bertz CT molecular complexity index is 1600. The summed E-state index contributed by atoms with van der Waals surface area (Å²) < 4.78 is 143. The molecule has 40 heavy (non-hydrogen) atoms. The second-order valence-electron chi connectivity index (χ2n) is 8.50. The summed E-state index contributed by atoms with van der Waals surface area (Å²) in [7, 11) is 0. The molecule has 206 valence electrons. The second-order valence-corrected chi connectivity index (χ2v) is 8.50. The third-order valence-electron chi connectivity index (χ3n) is 5.59. The number of alkyl halides is 5. The Kier molecular flexibility index (Phi) is 7.57. The maximum absolute atomic E-state index is 14.9. The lowest BCUT2D eigenvalue weighted by atomic mass is 9.98. The Hall–Kier alpha value is -4.46. The molecule has 0 aliphatic heterocycles. The van der Waals surface area contributed by atoms with E-state index in [0.717, 1.165) is 11.6 Å². The molecule has 0 saturated carbocycles. The van der Waals surface area contributed by atoms with E-state index in [2.05, 4.69) is 4.74 Å². The first-order valence-corrected chi connectivity index (χ1v) is 11.2. The van der Waals surface area contributed by atoms with Crippen molar-refractivity contribution in [3.05, 3.63) is 113 Å². The van der Waals surface area contributed by atoms with Crippen molar-refractivity contribution in [1.82, 2.24) is 0 Å². The van der Waals surface area contributed by atoms with Crippen molar-refractivity contribution >= 4 is 0 Å². The van der Waals surface area contributed by atoms with Crippen LogP contribution in [0.2, 0.25) is 0 Å². The molecule has 0 N–H and O–H groups in total. The summed E-state index contributed by atoms with van der Waals surface area (Å²) in [4.78, 5) is 0. The molecule has 4 aromatic carbocycles. The molecular formula is C29H14F10O. The molecule has 0 aromatic heterocycles. The second kappa shape index (κ2) is 10.6. The van der Waals surface area contributed by atoms with Crippen LogP contribution in [0.5, 0.6) is 5.75 Å². The molecule has 0 amide bonds. The average molecular weight is 568 g/mol. The van der Waals surface area contributed by atoms with E-state index >= 15 is 0 Å². The van der Waals surface area contributed by atoms with Gasteiger partial charge < -0.3 is 4.74 Å². The molecule has 0 radical (unpaired) electrons. The van der Waals surface area contributed by atoms with Crippen molar-refractivity contribution in [1.29, 1.82) is 0 Å². The number of ether oxygens (including phenoxy) is 1. The molecule has 0 unspecified atom stereocenters. The Balaban J connectivity index is 1.64. The highest BCUT2D eigenvalue weighted by molar-refractivity contribution is 5.71. The first-order valence-electron chi connectivity index (χ1n) is 11.2. The number of hydrogen-bond acceptors (Lipinski definition) is 1. The van der Waals surface area contributed by atoms with Crippen LogP contribution in [0, 0.1) is 47.9 Å². The van der Waals surface area contributed by atoms with E-state index < -0.39 is 63.8 Å². The van der Waals surface area contributed by atoms with Crippen LogP contribution in [0.3, 0.4) is 0 Å². The Labute approximate surface area is 220 Å². The zero-order chi connectivity index (χ0) is 29.4. The summed E-state index contributed by atoms with van der Waals surface area (Å²) in [6.45, 7) is 1.86. The molecule has 0 atom stereocenters. The summed E-state index contributed by atoms with van der Waals surface area (Å²) in [5.74, 6) is -7.69. The van der Waals surface area contributed by atoms with Gasteiger partial charge in [0.2, 0.25) is 0 Å². The van der Waals surface area contributed by atoms with Crippen LogP contribution in [0.1, 0.15) is 16.7 Å². The normalized spacial score (nSPS) is 11.7. The predicted octanol–water partition coefficient (Wildman–Crippen LogP) is 9.07. The van der Waals surface area contributed by atoms with Gasteiger partial charge >= 0.3 is 12.3 Å². The van der Waals surface area contributed by atoms with Gasteiger partial charge in [0.15, 0.2) is 0 Å². The summed E-state index contributed by atoms with van der Waals surface area (Å²) in [5, 5.41) is 0. The van der Waals surface area contributed by atoms with E-state index in [9.17, 15) is 43.9 Å². The lowest BCUT2D eigenvalue weighted by Gasteiger charge is -2.20. The van der Waals surface area contributed by atoms with Crippen LogP contribution >= 0.6 is 0 Å². The van der Waals surface area contributed by atoms with Crippen LogP contribution < -0.4 is 4.74 Å². The fourth-order valence-corrected chi connectivity index (χ4v) is 3.74. The van der Waals surface area contributed by atoms with Gasteiger partial charge in [-0.05, 0) is 41.8 Å². The zero-order valence-electron chi connectivity index (χ0n) is 20.0. The van der Waals surface area contributed by atoms with Gasteiger partial charge in [-0.3, -0.25) is 0 Å². The third kappa shape index (κ3) is 6.22. The SMILES string of the molecule is Cc1ccc(-c2ccc(-c3cc(F)c(C(F)(F)Oc4cc(F)c(C#CC(F)(F)F)c(F)c4)c(F)c3)c(F)c2)cc1. The largest absolute Gasteiger partial charge is 0.458 e. The summed E-state index contributed by atoms with van der Waals surface area (Å²) >= 11 is 0. The summed E-state index contributed by atoms with van der Waals surface area (Å²) in [6, 6.07) is 11.9. The van der Waals surface area contributed by atoms with Crippen molar-refractivity contribution in [2.45, 2.75) is 19.2 Å². The fourth-order valence-electron chi connectivity index (χ4n) is 3.74. The molecule has 0 heterocycles. The van der Waals surface area contributed by atoms with Crippen LogP contribution in [0.4, 0.5) is 43.9 Å². The maximum Gasteiger partial charge on any atom is 0.458 e. The number of hydrogen-bond donors (Lipinski definition) is 0. The molecule has 4 rings (SSSR count). The van der Waals surface area contributed by atoms with Gasteiger partial charge in [0.25, 0.3) is 0 Å². The lowest BCUT2D eigenvalue weighted by molar-refractivity contribution is -0.189. The van der Waals surface area contributed by atoms with Gasteiger partial charge in [-0.25, -0.2) is 22.0 Å². The quantitative estimate of drug-likeness (QED) is 0.172. The van der Waals surface area contributed by atoms with Crippen LogP contribution in [-0.4, -0.2) is 6.18 Å². The molecule has 0 fully saturated rings. The van der Waals surface area contributed by atoms with Crippen molar-refractivity contribution in [2.24, 2.45) is 0 Å². The molecule has 0 bridgehead atoms. The highest BCUT2D eigenvalue weighted by atomic mass is 19.4. The molecule has 1 nitrogen and oxygen atoms in total. The van der Waals surface area contributed by atoms with E-state index in [1.165, 1.54) is 18.1 Å². The molecule has 0 spiro atoms. The van der Waals surface area contributed by atoms with Gasteiger partial charge in [0.05, 0.1) is 5.56 Å². The van der Waals surface area contributed by atoms with Crippen LogP contribution in [0.15, 0.2) is 66.7 Å². The monoisotopic (exact) mass is 568 g/mol. The van der Waals surface area contributed by atoms with E-state index in [4.69, 9.17) is 0 Å². The van der Waals surface area contributed by atoms with Crippen molar-refractivity contribution in [3.63, 3.8) is 0 Å². The van der Waals surface area contributed by atoms with Crippen molar-refractivity contribution in [2.75, 3.05) is 0 Å². The van der Waals surface area contributed by atoms with Gasteiger partial charge in [0.1, 0.15) is 40.4 Å². The number of rotatable bonds is 5. The first kappa shape index (κ1) is 28.5. The Morgan fingerprint density at radius 2 is 1.12 bits per heavy atom. The third-order valence-corrected chi connectivity index (χ3v) is 5.59. The molecule has 0 aliphatic rings. The van der Waals surface area contributed by atoms with E-state index in [1.54, 1.807) is 24.3 Å².